The van der Waals surface area contributed by atoms with E-state index >= 15 is 0 Å². The van der Waals surface area contributed by atoms with Crippen LogP contribution in [0.2, 0.25) is 0 Å². The molecular formula is C13H18N6O3. The number of hydrogen-bond acceptors (Lipinski definition) is 7. The fourth-order valence-electron chi connectivity index (χ4n) is 2.34. The third kappa shape index (κ3) is 3.25. The standard InChI is InChI=1S/C13H18N6O3/c14-13-16-11-10(12(20)17-13)15-7-19(11)8-21-5-6-22-18-9-3-1-2-4-9/h7H,1-6,8H2,(H3,14,16,17,20). The Morgan fingerprint density at radius 2 is 2.18 bits per heavy atom. The molecule has 0 aromatic carbocycles. The quantitative estimate of drug-likeness (QED) is 0.596. The lowest BCUT2D eigenvalue weighted by molar-refractivity contribution is 0.0216. The van der Waals surface area contributed by atoms with Crippen LogP contribution in [0.3, 0.4) is 0 Å². The van der Waals surface area contributed by atoms with Gasteiger partial charge in [-0.3, -0.25) is 14.3 Å². The Kier molecular flexibility index (Phi) is 4.33. The first-order valence-electron chi connectivity index (χ1n) is 7.20. The van der Waals surface area contributed by atoms with Gasteiger partial charge in [0.25, 0.3) is 5.56 Å². The van der Waals surface area contributed by atoms with E-state index in [-0.39, 0.29) is 23.8 Å². The Morgan fingerprint density at radius 3 is 3.00 bits per heavy atom. The minimum absolute atomic E-state index is 0.0509. The second-order valence-corrected chi connectivity index (χ2v) is 5.07. The molecule has 118 valence electrons. The zero-order valence-corrected chi connectivity index (χ0v) is 12.1. The molecule has 1 saturated carbocycles. The minimum atomic E-state index is -0.364. The van der Waals surface area contributed by atoms with E-state index in [1.165, 1.54) is 19.2 Å². The van der Waals surface area contributed by atoms with Gasteiger partial charge in [0, 0.05) is 0 Å². The third-order valence-corrected chi connectivity index (χ3v) is 3.42. The van der Waals surface area contributed by atoms with Crippen LogP contribution < -0.4 is 11.3 Å². The number of anilines is 1. The molecule has 1 aliphatic rings. The Morgan fingerprint density at radius 1 is 1.36 bits per heavy atom. The highest BCUT2D eigenvalue weighted by atomic mass is 16.6. The summed E-state index contributed by atoms with van der Waals surface area (Å²) in [6.07, 6.45) is 5.95. The van der Waals surface area contributed by atoms with Crippen LogP contribution in [0.5, 0.6) is 0 Å². The fraction of sp³-hybridized carbons (Fsp3) is 0.538. The van der Waals surface area contributed by atoms with Crippen molar-refractivity contribution in [2.24, 2.45) is 5.16 Å². The molecule has 0 atom stereocenters. The maximum atomic E-state index is 11.6. The van der Waals surface area contributed by atoms with Crippen molar-refractivity contribution in [2.75, 3.05) is 18.9 Å². The average molecular weight is 306 g/mol. The van der Waals surface area contributed by atoms with Crippen molar-refractivity contribution < 1.29 is 9.57 Å². The van der Waals surface area contributed by atoms with Crippen molar-refractivity contribution in [3.8, 4) is 0 Å². The summed E-state index contributed by atoms with van der Waals surface area (Å²) < 4.78 is 7.08. The highest BCUT2D eigenvalue weighted by Crippen LogP contribution is 2.14. The largest absolute Gasteiger partial charge is 0.393 e. The van der Waals surface area contributed by atoms with Crippen molar-refractivity contribution in [3.05, 3.63) is 16.7 Å². The van der Waals surface area contributed by atoms with Crippen molar-refractivity contribution in [2.45, 2.75) is 32.4 Å². The number of hydrogen-bond donors (Lipinski definition) is 2. The lowest BCUT2D eigenvalue weighted by Gasteiger charge is -2.05. The topological polar surface area (TPSA) is 120 Å². The predicted molar refractivity (Wildman–Crippen MR) is 80.4 cm³/mol. The molecule has 0 amide bonds. The normalized spacial score (nSPS) is 14.6. The lowest BCUT2D eigenvalue weighted by Crippen LogP contribution is -2.13. The van der Waals surface area contributed by atoms with E-state index in [2.05, 4.69) is 20.1 Å². The number of aromatic amines is 1. The first kappa shape index (κ1) is 14.5. The molecule has 0 spiro atoms. The number of ether oxygens (including phenoxy) is 1. The molecule has 0 aliphatic heterocycles. The van der Waals surface area contributed by atoms with E-state index in [1.807, 2.05) is 0 Å². The molecule has 0 unspecified atom stereocenters. The van der Waals surface area contributed by atoms with E-state index in [4.69, 9.17) is 15.3 Å². The van der Waals surface area contributed by atoms with E-state index < -0.39 is 0 Å². The molecule has 3 N–H and O–H groups in total. The average Bonchev–Trinajstić information content (AvgIpc) is 3.12. The van der Waals surface area contributed by atoms with Gasteiger partial charge in [-0.2, -0.15) is 4.98 Å². The molecule has 0 radical (unpaired) electrons. The van der Waals surface area contributed by atoms with Crippen LogP contribution in [0.1, 0.15) is 25.7 Å². The summed E-state index contributed by atoms with van der Waals surface area (Å²) in [5.74, 6) is 0.0509. The minimum Gasteiger partial charge on any atom is -0.393 e. The summed E-state index contributed by atoms with van der Waals surface area (Å²) in [6, 6.07) is 0. The SMILES string of the molecule is Nc1nc2c(ncn2COCCON=C2CCCC2)c(=O)[nH]1. The van der Waals surface area contributed by atoms with Crippen LogP contribution >= 0.6 is 0 Å². The van der Waals surface area contributed by atoms with Gasteiger partial charge in [0.15, 0.2) is 11.2 Å². The molecule has 2 aromatic heterocycles. The molecule has 0 bridgehead atoms. The van der Waals surface area contributed by atoms with Gasteiger partial charge in [-0.25, -0.2) is 4.98 Å². The second-order valence-electron chi connectivity index (χ2n) is 5.07. The molecule has 9 heteroatoms. The third-order valence-electron chi connectivity index (χ3n) is 3.42. The summed E-state index contributed by atoms with van der Waals surface area (Å²) in [7, 11) is 0. The summed E-state index contributed by atoms with van der Waals surface area (Å²) in [5.41, 5.74) is 6.92. The van der Waals surface area contributed by atoms with Gasteiger partial charge in [0.2, 0.25) is 5.95 Å². The molecule has 0 saturated heterocycles. The number of H-pyrrole nitrogens is 1. The van der Waals surface area contributed by atoms with Crippen molar-refractivity contribution in [3.63, 3.8) is 0 Å². The Labute approximate surface area is 126 Å². The van der Waals surface area contributed by atoms with E-state index in [0.29, 0.717) is 18.9 Å². The predicted octanol–water partition coefficient (Wildman–Crippen LogP) is 0.622. The maximum absolute atomic E-state index is 11.6. The Balaban J connectivity index is 1.49. The fourth-order valence-corrected chi connectivity index (χ4v) is 2.34. The van der Waals surface area contributed by atoms with Crippen LogP contribution in [0.25, 0.3) is 11.2 Å². The molecule has 1 fully saturated rings. The molecule has 3 rings (SSSR count). The van der Waals surface area contributed by atoms with Crippen LogP contribution in [0.15, 0.2) is 16.3 Å². The number of nitrogens with zero attached hydrogens (tertiary/aromatic N) is 4. The highest BCUT2D eigenvalue weighted by Gasteiger charge is 2.09. The van der Waals surface area contributed by atoms with E-state index in [9.17, 15) is 4.79 Å². The highest BCUT2D eigenvalue weighted by molar-refractivity contribution is 5.85. The zero-order valence-electron chi connectivity index (χ0n) is 12.1. The summed E-state index contributed by atoms with van der Waals surface area (Å²) >= 11 is 0. The summed E-state index contributed by atoms with van der Waals surface area (Å²) in [4.78, 5) is 27.3. The van der Waals surface area contributed by atoms with Crippen molar-refractivity contribution in [1.82, 2.24) is 19.5 Å². The van der Waals surface area contributed by atoms with Crippen LogP contribution in [-0.2, 0) is 16.3 Å². The number of fused-ring (bicyclic) bond motifs is 1. The number of rotatable bonds is 6. The maximum Gasteiger partial charge on any atom is 0.280 e. The molecule has 2 aromatic rings. The van der Waals surface area contributed by atoms with Gasteiger partial charge >= 0.3 is 0 Å². The number of nitrogens with one attached hydrogen (secondary N) is 1. The van der Waals surface area contributed by atoms with Crippen LogP contribution in [0.4, 0.5) is 5.95 Å². The van der Waals surface area contributed by atoms with Crippen molar-refractivity contribution in [1.29, 1.82) is 0 Å². The van der Waals surface area contributed by atoms with Gasteiger partial charge in [0.1, 0.15) is 13.3 Å². The van der Waals surface area contributed by atoms with Gasteiger partial charge in [0.05, 0.1) is 18.6 Å². The Bertz CT molecular complexity index is 727. The zero-order chi connectivity index (χ0) is 15.4. The first-order chi connectivity index (χ1) is 10.7. The smallest absolute Gasteiger partial charge is 0.280 e. The lowest BCUT2D eigenvalue weighted by atomic mass is 10.3. The molecule has 1 aliphatic carbocycles. The van der Waals surface area contributed by atoms with E-state index in [0.717, 1.165) is 18.6 Å². The first-order valence-corrected chi connectivity index (χ1v) is 7.20. The number of nitrogen functional groups attached to an aromatic ring is 1. The Hall–Kier alpha value is -2.42. The number of imidazole rings is 1. The monoisotopic (exact) mass is 306 g/mol. The summed E-state index contributed by atoms with van der Waals surface area (Å²) in [5, 5.41) is 4.07. The van der Waals surface area contributed by atoms with Crippen LogP contribution in [0, 0.1) is 0 Å². The van der Waals surface area contributed by atoms with Gasteiger partial charge in [-0.1, -0.05) is 5.16 Å². The number of aromatic nitrogens is 4. The molecular weight excluding hydrogens is 288 g/mol. The van der Waals surface area contributed by atoms with Gasteiger partial charge < -0.3 is 15.3 Å². The van der Waals surface area contributed by atoms with Crippen LogP contribution in [-0.4, -0.2) is 38.4 Å². The number of nitrogens with two attached hydrogens (primary N) is 1. The molecule has 2 heterocycles. The molecule has 22 heavy (non-hydrogen) atoms. The van der Waals surface area contributed by atoms with Crippen molar-refractivity contribution >= 4 is 22.8 Å². The van der Waals surface area contributed by atoms with Gasteiger partial charge in [-0.05, 0) is 25.7 Å². The van der Waals surface area contributed by atoms with E-state index in [1.54, 1.807) is 4.57 Å². The second kappa shape index (κ2) is 6.56. The number of oxime groups is 1. The van der Waals surface area contributed by atoms with Gasteiger partial charge in [-0.15, -0.1) is 0 Å². The molecule has 9 nitrogen and oxygen atoms in total. The summed E-state index contributed by atoms with van der Waals surface area (Å²) in [6.45, 7) is 0.980.